The molecule has 2 heterocycles. The molecule has 0 radical (unpaired) electrons. The zero-order valence-electron chi connectivity index (χ0n) is 9.77. The number of imidazole rings is 1. The van der Waals surface area contributed by atoms with E-state index in [1.165, 1.54) is 0 Å². The van der Waals surface area contributed by atoms with E-state index < -0.39 is 11.3 Å². The van der Waals surface area contributed by atoms with E-state index in [1.54, 1.807) is 24.3 Å². The van der Waals surface area contributed by atoms with Crippen molar-refractivity contribution in [2.45, 2.75) is 19.8 Å². The van der Waals surface area contributed by atoms with Crippen LogP contribution >= 0.6 is 0 Å². The Labute approximate surface area is 99.2 Å². The molecule has 1 aromatic rings. The number of nitrogens with two attached hydrogens (primary N) is 1. The quantitative estimate of drug-likeness (QED) is 0.701. The smallest absolute Gasteiger partial charge is 0.238 e. The molecule has 1 aliphatic heterocycles. The lowest BCUT2D eigenvalue weighted by Crippen LogP contribution is -2.42. The van der Waals surface area contributed by atoms with Gasteiger partial charge in [0.05, 0.1) is 6.33 Å². The monoisotopic (exact) mass is 236 g/mol. The van der Waals surface area contributed by atoms with Crippen LogP contribution in [0.1, 0.15) is 19.0 Å². The molecule has 17 heavy (non-hydrogen) atoms. The molecule has 6 nitrogen and oxygen atoms in total. The first kappa shape index (κ1) is 11.6. The number of hydrogen-bond donors (Lipinski definition) is 2. The largest absolute Gasteiger partial charge is 0.369 e. The highest BCUT2D eigenvalue weighted by atomic mass is 16.2. The van der Waals surface area contributed by atoms with Crippen molar-refractivity contribution in [1.29, 1.82) is 0 Å². The predicted molar refractivity (Wildman–Crippen MR) is 60.8 cm³/mol. The van der Waals surface area contributed by atoms with E-state index in [9.17, 15) is 9.59 Å². The zero-order valence-corrected chi connectivity index (χ0v) is 9.77. The summed E-state index contributed by atoms with van der Waals surface area (Å²) in [5.74, 6) is -0.698. The maximum atomic E-state index is 12.0. The minimum atomic E-state index is -1.02. The first-order chi connectivity index (χ1) is 8.04. The van der Waals surface area contributed by atoms with E-state index in [0.29, 0.717) is 25.9 Å². The van der Waals surface area contributed by atoms with Gasteiger partial charge in [0.25, 0.3) is 0 Å². The van der Waals surface area contributed by atoms with Crippen LogP contribution in [-0.4, -0.2) is 39.8 Å². The molecule has 1 unspecified atom stereocenters. The van der Waals surface area contributed by atoms with Crippen LogP contribution in [0.5, 0.6) is 0 Å². The van der Waals surface area contributed by atoms with E-state index in [2.05, 4.69) is 9.97 Å². The molecule has 0 saturated carbocycles. The summed E-state index contributed by atoms with van der Waals surface area (Å²) in [6.45, 7) is 2.80. The number of hydrogen-bond acceptors (Lipinski definition) is 3. The Morgan fingerprint density at radius 1 is 1.71 bits per heavy atom. The molecule has 6 heteroatoms. The third-order valence-corrected chi connectivity index (χ3v) is 3.39. The van der Waals surface area contributed by atoms with Crippen LogP contribution < -0.4 is 5.73 Å². The fourth-order valence-corrected chi connectivity index (χ4v) is 2.03. The number of primary amides is 1. The van der Waals surface area contributed by atoms with Gasteiger partial charge >= 0.3 is 0 Å². The van der Waals surface area contributed by atoms with Crippen LogP contribution in [0.2, 0.25) is 0 Å². The van der Waals surface area contributed by atoms with E-state index in [0.717, 1.165) is 5.69 Å². The molecule has 3 N–H and O–H groups in total. The molecule has 0 aromatic carbocycles. The molecular formula is C11H16N4O2. The summed E-state index contributed by atoms with van der Waals surface area (Å²) < 4.78 is 0. The Bertz CT molecular complexity index is 429. The summed E-state index contributed by atoms with van der Waals surface area (Å²) in [5.41, 5.74) is 5.23. The molecule has 1 atom stereocenters. The fourth-order valence-electron chi connectivity index (χ4n) is 2.03. The standard InChI is InChI=1S/C11H16N4O2/c1-11(9(12)16)3-5-15(10(11)17)4-2-8-6-13-7-14-8/h6-7H,2-5H2,1H3,(H2,12,16)(H,13,14). The van der Waals surface area contributed by atoms with Crippen molar-refractivity contribution in [3.63, 3.8) is 0 Å². The summed E-state index contributed by atoms with van der Waals surface area (Å²) in [6.07, 6.45) is 4.55. The summed E-state index contributed by atoms with van der Waals surface area (Å²) in [6, 6.07) is 0. The Hall–Kier alpha value is -1.85. The number of carbonyl (C=O) groups is 2. The Kier molecular flexibility index (Phi) is 2.87. The first-order valence-corrected chi connectivity index (χ1v) is 5.60. The van der Waals surface area contributed by atoms with E-state index in [4.69, 9.17) is 5.73 Å². The van der Waals surface area contributed by atoms with E-state index >= 15 is 0 Å². The number of carbonyl (C=O) groups excluding carboxylic acids is 2. The van der Waals surface area contributed by atoms with Gasteiger partial charge in [0, 0.05) is 31.4 Å². The van der Waals surface area contributed by atoms with Crippen molar-refractivity contribution in [3.8, 4) is 0 Å². The second kappa shape index (κ2) is 4.20. The molecule has 0 spiro atoms. The first-order valence-electron chi connectivity index (χ1n) is 5.60. The van der Waals surface area contributed by atoms with Crippen molar-refractivity contribution in [3.05, 3.63) is 18.2 Å². The average Bonchev–Trinajstić information content (AvgIpc) is 2.88. The second-order valence-corrected chi connectivity index (χ2v) is 4.57. The van der Waals surface area contributed by atoms with Crippen molar-refractivity contribution in [1.82, 2.24) is 14.9 Å². The molecule has 1 saturated heterocycles. The third-order valence-electron chi connectivity index (χ3n) is 3.39. The van der Waals surface area contributed by atoms with Crippen LogP contribution in [-0.2, 0) is 16.0 Å². The van der Waals surface area contributed by atoms with E-state index in [-0.39, 0.29) is 5.91 Å². The van der Waals surface area contributed by atoms with Crippen molar-refractivity contribution in [2.75, 3.05) is 13.1 Å². The van der Waals surface area contributed by atoms with Gasteiger partial charge in [-0.15, -0.1) is 0 Å². The molecule has 1 fully saturated rings. The molecule has 2 amide bonds. The van der Waals surface area contributed by atoms with E-state index in [1.807, 2.05) is 0 Å². The van der Waals surface area contributed by atoms with Gasteiger partial charge in [-0.2, -0.15) is 0 Å². The zero-order chi connectivity index (χ0) is 12.5. The summed E-state index contributed by atoms with van der Waals surface area (Å²) in [4.78, 5) is 31.9. The number of H-pyrrole nitrogens is 1. The van der Waals surface area contributed by atoms with Crippen molar-refractivity contribution >= 4 is 11.8 Å². The molecule has 0 bridgehead atoms. The number of likely N-dealkylation sites (tertiary alicyclic amines) is 1. The fraction of sp³-hybridized carbons (Fsp3) is 0.545. The van der Waals surface area contributed by atoms with Crippen LogP contribution in [0, 0.1) is 5.41 Å². The number of amides is 2. The lowest BCUT2D eigenvalue weighted by atomic mass is 9.88. The van der Waals surface area contributed by atoms with Crippen molar-refractivity contribution < 1.29 is 9.59 Å². The van der Waals surface area contributed by atoms with Crippen LogP contribution in [0.15, 0.2) is 12.5 Å². The SMILES string of the molecule is CC1(C(N)=O)CCN(CCc2cnc[nH]2)C1=O. The normalized spacial score (nSPS) is 24.3. The minimum Gasteiger partial charge on any atom is -0.369 e. The van der Waals surface area contributed by atoms with Gasteiger partial charge in [-0.1, -0.05) is 0 Å². The number of rotatable bonds is 4. The van der Waals surface area contributed by atoms with Crippen molar-refractivity contribution in [2.24, 2.45) is 11.1 Å². The molecule has 1 aliphatic rings. The Morgan fingerprint density at radius 2 is 2.47 bits per heavy atom. The Morgan fingerprint density at radius 3 is 3.00 bits per heavy atom. The average molecular weight is 236 g/mol. The molecule has 1 aromatic heterocycles. The topological polar surface area (TPSA) is 92.1 Å². The third kappa shape index (κ3) is 2.02. The second-order valence-electron chi connectivity index (χ2n) is 4.57. The highest BCUT2D eigenvalue weighted by Gasteiger charge is 2.47. The van der Waals surface area contributed by atoms with Gasteiger partial charge in [-0.05, 0) is 13.3 Å². The van der Waals surface area contributed by atoms with Gasteiger partial charge in [-0.25, -0.2) is 4.98 Å². The molecule has 0 aliphatic carbocycles. The number of nitrogens with one attached hydrogen (secondary N) is 1. The maximum Gasteiger partial charge on any atom is 0.238 e. The van der Waals surface area contributed by atoms with Gasteiger partial charge < -0.3 is 15.6 Å². The minimum absolute atomic E-state index is 0.162. The number of aromatic amines is 1. The molecular weight excluding hydrogens is 220 g/mol. The predicted octanol–water partition coefficient (Wildman–Crippen LogP) is -0.324. The molecule has 2 rings (SSSR count). The summed E-state index contributed by atoms with van der Waals surface area (Å²) in [5, 5.41) is 0. The highest BCUT2D eigenvalue weighted by molar-refractivity contribution is 6.05. The van der Waals surface area contributed by atoms with Crippen LogP contribution in [0.4, 0.5) is 0 Å². The van der Waals surface area contributed by atoms with Gasteiger partial charge in [-0.3, -0.25) is 9.59 Å². The van der Waals surface area contributed by atoms with Gasteiger partial charge in [0.15, 0.2) is 0 Å². The number of aromatic nitrogens is 2. The lowest BCUT2D eigenvalue weighted by molar-refractivity contribution is -0.142. The van der Waals surface area contributed by atoms with Crippen LogP contribution in [0.25, 0.3) is 0 Å². The Balaban J connectivity index is 1.96. The summed E-state index contributed by atoms with van der Waals surface area (Å²) in [7, 11) is 0. The van der Waals surface area contributed by atoms with Gasteiger partial charge in [0.2, 0.25) is 11.8 Å². The number of nitrogens with zero attached hydrogens (tertiary/aromatic N) is 2. The summed E-state index contributed by atoms with van der Waals surface area (Å²) >= 11 is 0. The lowest BCUT2D eigenvalue weighted by Gasteiger charge is -2.20. The van der Waals surface area contributed by atoms with Gasteiger partial charge in [0.1, 0.15) is 5.41 Å². The maximum absolute atomic E-state index is 12.0. The van der Waals surface area contributed by atoms with Crippen LogP contribution in [0.3, 0.4) is 0 Å². The molecule has 92 valence electrons. The highest BCUT2D eigenvalue weighted by Crippen LogP contribution is 2.30.